The summed E-state index contributed by atoms with van der Waals surface area (Å²) in [6.45, 7) is 4.59. The maximum absolute atomic E-state index is 13.0. The number of hydrogen-bond donors (Lipinski definition) is 1. The molecular formula is C23H30N2O2. The lowest BCUT2D eigenvalue weighted by atomic mass is 9.93. The number of amides is 1. The Hall–Kier alpha value is -2.33. The number of nitrogens with zero attached hydrogens (tertiary/aromatic N) is 1. The van der Waals surface area contributed by atoms with Crippen LogP contribution in [-0.4, -0.2) is 37.0 Å². The summed E-state index contributed by atoms with van der Waals surface area (Å²) in [5, 5.41) is 3.63. The maximum atomic E-state index is 13.0. The molecule has 1 N–H and O–H groups in total. The van der Waals surface area contributed by atoms with E-state index < -0.39 is 0 Å². The quantitative estimate of drug-likeness (QED) is 0.806. The molecule has 4 nitrogen and oxygen atoms in total. The van der Waals surface area contributed by atoms with E-state index in [0.717, 1.165) is 50.2 Å². The molecule has 1 amide bonds. The Morgan fingerprint density at radius 1 is 1.15 bits per heavy atom. The highest BCUT2D eigenvalue weighted by molar-refractivity contribution is 5.83. The minimum atomic E-state index is -0.0208. The second-order valence-electron chi connectivity index (χ2n) is 7.20. The molecule has 1 aliphatic rings. The molecule has 27 heavy (non-hydrogen) atoms. The zero-order valence-corrected chi connectivity index (χ0v) is 16.4. The topological polar surface area (TPSA) is 41.6 Å². The summed E-state index contributed by atoms with van der Waals surface area (Å²) in [5.41, 5.74) is 2.35. The molecule has 144 valence electrons. The van der Waals surface area contributed by atoms with Crippen LogP contribution in [0.2, 0.25) is 0 Å². The first-order valence-corrected chi connectivity index (χ1v) is 9.91. The van der Waals surface area contributed by atoms with E-state index in [0.29, 0.717) is 6.04 Å². The maximum Gasteiger partial charge on any atom is 0.230 e. The van der Waals surface area contributed by atoms with Crippen LogP contribution in [0.4, 0.5) is 0 Å². The van der Waals surface area contributed by atoms with Crippen molar-refractivity contribution in [3.05, 3.63) is 65.7 Å². The van der Waals surface area contributed by atoms with Gasteiger partial charge in [0.1, 0.15) is 5.75 Å². The van der Waals surface area contributed by atoms with Gasteiger partial charge in [-0.1, -0.05) is 49.4 Å². The third-order valence-electron chi connectivity index (χ3n) is 5.44. The van der Waals surface area contributed by atoms with Crippen LogP contribution in [0.15, 0.2) is 54.6 Å². The number of hydrogen-bond acceptors (Lipinski definition) is 3. The van der Waals surface area contributed by atoms with Crippen LogP contribution in [0.3, 0.4) is 0 Å². The largest absolute Gasteiger partial charge is 0.497 e. The zero-order chi connectivity index (χ0) is 19.1. The third-order valence-corrected chi connectivity index (χ3v) is 5.44. The van der Waals surface area contributed by atoms with Gasteiger partial charge in [-0.05, 0) is 42.5 Å². The Kier molecular flexibility index (Phi) is 6.88. The van der Waals surface area contributed by atoms with Gasteiger partial charge in [0.05, 0.1) is 13.0 Å². The van der Waals surface area contributed by atoms with Crippen LogP contribution >= 0.6 is 0 Å². The van der Waals surface area contributed by atoms with Crippen molar-refractivity contribution in [2.24, 2.45) is 0 Å². The fourth-order valence-corrected chi connectivity index (χ4v) is 3.81. The lowest BCUT2D eigenvalue weighted by Gasteiger charge is -2.34. The number of benzene rings is 2. The molecule has 0 radical (unpaired) electrons. The predicted octanol–water partition coefficient (Wildman–Crippen LogP) is 3.97. The standard InChI is InChI=1S/C23H30N2O2/c1-3-22(19-9-5-4-6-10-19)23(26)25-14-12-20(13-15-25)24-17-18-8-7-11-21(16-18)27-2/h4-11,16,20,22,24H,3,12-15,17H2,1-2H3. The van der Waals surface area contributed by atoms with Crippen molar-refractivity contribution < 1.29 is 9.53 Å². The van der Waals surface area contributed by atoms with E-state index in [1.807, 2.05) is 35.2 Å². The van der Waals surface area contributed by atoms with Crippen molar-refractivity contribution in [3.8, 4) is 5.75 Å². The number of nitrogens with one attached hydrogen (secondary N) is 1. The molecule has 1 aliphatic heterocycles. The SMILES string of the molecule is CCC(C(=O)N1CCC(NCc2cccc(OC)c2)CC1)c1ccccc1. The highest BCUT2D eigenvalue weighted by Crippen LogP contribution is 2.24. The smallest absolute Gasteiger partial charge is 0.230 e. The van der Waals surface area contributed by atoms with Crippen LogP contribution < -0.4 is 10.1 Å². The molecule has 4 heteroatoms. The molecule has 0 aromatic heterocycles. The summed E-state index contributed by atoms with van der Waals surface area (Å²) in [5.74, 6) is 1.14. The molecule has 2 aromatic carbocycles. The summed E-state index contributed by atoms with van der Waals surface area (Å²) in [6.07, 6.45) is 2.85. The van der Waals surface area contributed by atoms with Gasteiger partial charge >= 0.3 is 0 Å². The Morgan fingerprint density at radius 2 is 1.89 bits per heavy atom. The van der Waals surface area contributed by atoms with Gasteiger partial charge in [0, 0.05) is 25.7 Å². The third kappa shape index (κ3) is 5.10. The molecule has 1 saturated heterocycles. The highest BCUT2D eigenvalue weighted by atomic mass is 16.5. The fourth-order valence-electron chi connectivity index (χ4n) is 3.81. The second kappa shape index (κ2) is 9.56. The first-order valence-electron chi connectivity index (χ1n) is 9.91. The lowest BCUT2D eigenvalue weighted by molar-refractivity contribution is -0.134. The van der Waals surface area contributed by atoms with Gasteiger partial charge in [-0.15, -0.1) is 0 Å². The summed E-state index contributed by atoms with van der Waals surface area (Å²) >= 11 is 0. The summed E-state index contributed by atoms with van der Waals surface area (Å²) in [4.78, 5) is 15.0. The molecule has 1 unspecified atom stereocenters. The molecule has 3 rings (SSSR count). The van der Waals surface area contributed by atoms with Gasteiger partial charge in [0.25, 0.3) is 0 Å². The van der Waals surface area contributed by atoms with Crippen LogP contribution in [0, 0.1) is 0 Å². The first kappa shape index (κ1) is 19.4. The van der Waals surface area contributed by atoms with E-state index in [1.54, 1.807) is 7.11 Å². The Labute approximate surface area is 162 Å². The lowest BCUT2D eigenvalue weighted by Crippen LogP contribution is -2.46. The average molecular weight is 367 g/mol. The van der Waals surface area contributed by atoms with E-state index in [2.05, 4.69) is 36.5 Å². The molecular weight excluding hydrogens is 336 g/mol. The van der Waals surface area contributed by atoms with Gasteiger partial charge in [-0.2, -0.15) is 0 Å². The number of piperidine rings is 1. The molecule has 1 heterocycles. The number of carbonyl (C=O) groups is 1. The fraction of sp³-hybridized carbons (Fsp3) is 0.435. The number of ether oxygens (including phenoxy) is 1. The molecule has 0 saturated carbocycles. The van der Waals surface area contributed by atoms with Crippen molar-refractivity contribution in [3.63, 3.8) is 0 Å². The normalized spacial score (nSPS) is 16.1. The predicted molar refractivity (Wildman–Crippen MR) is 109 cm³/mol. The van der Waals surface area contributed by atoms with E-state index >= 15 is 0 Å². The molecule has 1 fully saturated rings. The van der Waals surface area contributed by atoms with Gasteiger partial charge in [0.15, 0.2) is 0 Å². The average Bonchev–Trinajstić information content (AvgIpc) is 2.74. The van der Waals surface area contributed by atoms with Crippen LogP contribution in [-0.2, 0) is 11.3 Å². The van der Waals surface area contributed by atoms with Crippen molar-refractivity contribution in [2.75, 3.05) is 20.2 Å². The number of likely N-dealkylation sites (tertiary alicyclic amines) is 1. The van der Waals surface area contributed by atoms with Crippen LogP contribution in [0.25, 0.3) is 0 Å². The Balaban J connectivity index is 1.50. The number of rotatable bonds is 7. The number of methoxy groups -OCH3 is 1. The summed E-state index contributed by atoms with van der Waals surface area (Å²) in [7, 11) is 1.69. The first-order chi connectivity index (χ1) is 13.2. The van der Waals surface area contributed by atoms with Crippen molar-refractivity contribution in [1.29, 1.82) is 0 Å². The van der Waals surface area contributed by atoms with Crippen molar-refractivity contribution in [2.45, 2.75) is 44.7 Å². The summed E-state index contributed by atoms with van der Waals surface area (Å²) < 4.78 is 5.28. The Morgan fingerprint density at radius 3 is 2.56 bits per heavy atom. The van der Waals surface area contributed by atoms with Crippen LogP contribution in [0.1, 0.15) is 43.2 Å². The van der Waals surface area contributed by atoms with Crippen molar-refractivity contribution in [1.82, 2.24) is 10.2 Å². The van der Waals surface area contributed by atoms with Gasteiger partial charge in [0.2, 0.25) is 5.91 Å². The molecule has 0 bridgehead atoms. The molecule has 0 aliphatic carbocycles. The molecule has 0 spiro atoms. The van der Waals surface area contributed by atoms with E-state index in [9.17, 15) is 4.79 Å². The monoisotopic (exact) mass is 366 g/mol. The van der Waals surface area contributed by atoms with E-state index in [1.165, 1.54) is 5.56 Å². The van der Waals surface area contributed by atoms with Crippen LogP contribution in [0.5, 0.6) is 5.75 Å². The summed E-state index contributed by atoms with van der Waals surface area (Å²) in [6, 6.07) is 18.8. The highest BCUT2D eigenvalue weighted by Gasteiger charge is 2.28. The van der Waals surface area contributed by atoms with Gasteiger partial charge < -0.3 is 15.0 Å². The van der Waals surface area contributed by atoms with Gasteiger partial charge in [-0.25, -0.2) is 0 Å². The van der Waals surface area contributed by atoms with E-state index in [-0.39, 0.29) is 11.8 Å². The van der Waals surface area contributed by atoms with E-state index in [4.69, 9.17) is 4.74 Å². The zero-order valence-electron chi connectivity index (χ0n) is 16.4. The van der Waals surface area contributed by atoms with Crippen molar-refractivity contribution >= 4 is 5.91 Å². The molecule has 1 atom stereocenters. The van der Waals surface area contributed by atoms with Gasteiger partial charge in [-0.3, -0.25) is 4.79 Å². The number of carbonyl (C=O) groups excluding carboxylic acids is 1. The minimum absolute atomic E-state index is 0.0208. The second-order valence-corrected chi connectivity index (χ2v) is 7.20. The minimum Gasteiger partial charge on any atom is -0.497 e. The molecule has 2 aromatic rings. The Bertz CT molecular complexity index is 724.